The molecule has 0 radical (unpaired) electrons. The summed E-state index contributed by atoms with van der Waals surface area (Å²) in [5.74, 6) is 0.185. The number of esters is 1. The highest BCUT2D eigenvalue weighted by atomic mass is 16.6. The summed E-state index contributed by atoms with van der Waals surface area (Å²) < 4.78 is 15.5. The van der Waals surface area contributed by atoms with Crippen molar-refractivity contribution in [3.05, 3.63) is 0 Å². The Morgan fingerprint density at radius 1 is 1.00 bits per heavy atom. The molecule has 0 bridgehead atoms. The zero-order valence-corrected chi connectivity index (χ0v) is 10.8. The topological polar surface area (TPSA) is 44.8 Å². The standard InChI is InChI=1S/C12H24O4/c1-10(2)9-12(13)16-8-6-14-5-7-15-11(3)4/h10-11H,5-9H2,1-4H3. The Labute approximate surface area is 98.3 Å². The van der Waals surface area contributed by atoms with Crippen LogP contribution in [0.2, 0.25) is 0 Å². The molecular weight excluding hydrogens is 208 g/mol. The van der Waals surface area contributed by atoms with Crippen molar-refractivity contribution in [2.24, 2.45) is 5.92 Å². The molecule has 0 fully saturated rings. The van der Waals surface area contributed by atoms with Crippen LogP contribution in [0.4, 0.5) is 0 Å². The van der Waals surface area contributed by atoms with E-state index in [9.17, 15) is 4.79 Å². The zero-order chi connectivity index (χ0) is 12.4. The largest absolute Gasteiger partial charge is 0.463 e. The maximum atomic E-state index is 11.1. The second kappa shape index (κ2) is 9.60. The summed E-state index contributed by atoms with van der Waals surface area (Å²) in [7, 11) is 0. The predicted molar refractivity (Wildman–Crippen MR) is 62.3 cm³/mol. The first kappa shape index (κ1) is 15.4. The molecule has 0 spiro atoms. The normalized spacial score (nSPS) is 11.1. The molecule has 16 heavy (non-hydrogen) atoms. The quantitative estimate of drug-likeness (QED) is 0.450. The number of ether oxygens (including phenoxy) is 3. The minimum atomic E-state index is -0.156. The van der Waals surface area contributed by atoms with Crippen LogP contribution in [-0.2, 0) is 19.0 Å². The molecule has 0 N–H and O–H groups in total. The maximum absolute atomic E-state index is 11.1. The van der Waals surface area contributed by atoms with Gasteiger partial charge < -0.3 is 14.2 Å². The summed E-state index contributed by atoms with van der Waals surface area (Å²) in [4.78, 5) is 11.1. The van der Waals surface area contributed by atoms with Crippen LogP contribution in [0.15, 0.2) is 0 Å². The predicted octanol–water partition coefficient (Wildman–Crippen LogP) is 2.02. The lowest BCUT2D eigenvalue weighted by atomic mass is 10.1. The SMILES string of the molecule is CC(C)CC(=O)OCCOCCOC(C)C. The Bertz CT molecular complexity index is 178. The van der Waals surface area contributed by atoms with Gasteiger partial charge in [0.2, 0.25) is 0 Å². The third kappa shape index (κ3) is 11.5. The summed E-state index contributed by atoms with van der Waals surface area (Å²) in [6.45, 7) is 9.82. The van der Waals surface area contributed by atoms with Crippen molar-refractivity contribution in [1.29, 1.82) is 0 Å². The number of hydrogen-bond donors (Lipinski definition) is 0. The minimum absolute atomic E-state index is 0.156. The molecule has 0 aliphatic heterocycles. The van der Waals surface area contributed by atoms with Gasteiger partial charge in [-0.1, -0.05) is 13.8 Å². The van der Waals surface area contributed by atoms with E-state index in [2.05, 4.69) is 0 Å². The fraction of sp³-hybridized carbons (Fsp3) is 0.917. The van der Waals surface area contributed by atoms with Gasteiger partial charge in [0.25, 0.3) is 0 Å². The second-order valence-corrected chi connectivity index (χ2v) is 4.35. The molecule has 4 nitrogen and oxygen atoms in total. The first-order chi connectivity index (χ1) is 7.52. The molecule has 0 amide bonds. The van der Waals surface area contributed by atoms with Gasteiger partial charge in [0, 0.05) is 6.42 Å². The van der Waals surface area contributed by atoms with E-state index in [1.54, 1.807) is 0 Å². The lowest BCUT2D eigenvalue weighted by Gasteiger charge is -2.09. The van der Waals surface area contributed by atoms with E-state index in [-0.39, 0.29) is 12.1 Å². The Kier molecular flexibility index (Phi) is 9.24. The van der Waals surface area contributed by atoms with Gasteiger partial charge in [-0.25, -0.2) is 0 Å². The van der Waals surface area contributed by atoms with Crippen molar-refractivity contribution in [2.75, 3.05) is 26.4 Å². The monoisotopic (exact) mass is 232 g/mol. The molecule has 0 heterocycles. The highest BCUT2D eigenvalue weighted by molar-refractivity contribution is 5.69. The van der Waals surface area contributed by atoms with Crippen LogP contribution in [-0.4, -0.2) is 38.5 Å². The zero-order valence-electron chi connectivity index (χ0n) is 10.8. The Hall–Kier alpha value is -0.610. The fourth-order valence-electron chi connectivity index (χ4n) is 1.05. The molecule has 0 atom stereocenters. The molecule has 0 aromatic carbocycles. The van der Waals surface area contributed by atoms with E-state index in [1.165, 1.54) is 0 Å². The van der Waals surface area contributed by atoms with Crippen molar-refractivity contribution < 1.29 is 19.0 Å². The third-order valence-electron chi connectivity index (χ3n) is 1.74. The number of hydrogen-bond acceptors (Lipinski definition) is 4. The molecule has 0 aliphatic rings. The van der Waals surface area contributed by atoms with Gasteiger partial charge in [0.05, 0.1) is 25.9 Å². The van der Waals surface area contributed by atoms with Crippen LogP contribution < -0.4 is 0 Å². The van der Waals surface area contributed by atoms with Gasteiger partial charge >= 0.3 is 5.97 Å². The summed E-state index contributed by atoms with van der Waals surface area (Å²) in [5.41, 5.74) is 0. The van der Waals surface area contributed by atoms with E-state index >= 15 is 0 Å². The Morgan fingerprint density at radius 3 is 2.19 bits per heavy atom. The first-order valence-corrected chi connectivity index (χ1v) is 5.87. The molecule has 0 aromatic heterocycles. The number of carbonyl (C=O) groups is 1. The molecule has 0 aromatic rings. The molecular formula is C12H24O4. The van der Waals surface area contributed by atoms with Crippen LogP contribution in [0.5, 0.6) is 0 Å². The molecule has 0 unspecified atom stereocenters. The van der Waals surface area contributed by atoms with Crippen LogP contribution >= 0.6 is 0 Å². The molecule has 0 aliphatic carbocycles. The summed E-state index contributed by atoms with van der Waals surface area (Å²) in [6.07, 6.45) is 0.698. The molecule has 0 saturated carbocycles. The molecule has 0 rings (SSSR count). The lowest BCUT2D eigenvalue weighted by molar-refractivity contribution is -0.146. The average molecular weight is 232 g/mol. The third-order valence-corrected chi connectivity index (χ3v) is 1.74. The van der Waals surface area contributed by atoms with Crippen LogP contribution in [0.25, 0.3) is 0 Å². The van der Waals surface area contributed by atoms with E-state index in [0.29, 0.717) is 38.8 Å². The van der Waals surface area contributed by atoms with Gasteiger partial charge in [-0.05, 0) is 19.8 Å². The molecule has 96 valence electrons. The first-order valence-electron chi connectivity index (χ1n) is 5.87. The van der Waals surface area contributed by atoms with Crippen LogP contribution in [0.1, 0.15) is 34.1 Å². The second-order valence-electron chi connectivity index (χ2n) is 4.35. The summed E-state index contributed by atoms with van der Waals surface area (Å²) in [6, 6.07) is 0. The van der Waals surface area contributed by atoms with Crippen molar-refractivity contribution in [3.63, 3.8) is 0 Å². The van der Waals surface area contributed by atoms with Gasteiger partial charge in [-0.2, -0.15) is 0 Å². The van der Waals surface area contributed by atoms with E-state index in [1.807, 2.05) is 27.7 Å². The number of rotatable bonds is 9. The highest BCUT2D eigenvalue weighted by Crippen LogP contribution is 2.00. The maximum Gasteiger partial charge on any atom is 0.306 e. The van der Waals surface area contributed by atoms with Crippen LogP contribution in [0.3, 0.4) is 0 Å². The van der Waals surface area contributed by atoms with Crippen molar-refractivity contribution >= 4 is 5.97 Å². The van der Waals surface area contributed by atoms with Crippen molar-refractivity contribution in [1.82, 2.24) is 0 Å². The average Bonchev–Trinajstić information content (AvgIpc) is 2.14. The van der Waals surface area contributed by atoms with Gasteiger partial charge in [-0.3, -0.25) is 4.79 Å². The van der Waals surface area contributed by atoms with Gasteiger partial charge in [-0.15, -0.1) is 0 Å². The minimum Gasteiger partial charge on any atom is -0.463 e. The van der Waals surface area contributed by atoms with Gasteiger partial charge in [0.15, 0.2) is 0 Å². The molecule has 4 heteroatoms. The summed E-state index contributed by atoms with van der Waals surface area (Å²) in [5, 5.41) is 0. The molecule has 0 saturated heterocycles. The Morgan fingerprint density at radius 2 is 1.62 bits per heavy atom. The van der Waals surface area contributed by atoms with Crippen molar-refractivity contribution in [2.45, 2.75) is 40.2 Å². The van der Waals surface area contributed by atoms with Gasteiger partial charge in [0.1, 0.15) is 6.61 Å². The number of carbonyl (C=O) groups excluding carboxylic acids is 1. The summed E-state index contributed by atoms with van der Waals surface area (Å²) >= 11 is 0. The highest BCUT2D eigenvalue weighted by Gasteiger charge is 2.05. The van der Waals surface area contributed by atoms with E-state index < -0.39 is 0 Å². The Balaban J connectivity index is 3.18. The lowest BCUT2D eigenvalue weighted by Crippen LogP contribution is -2.15. The smallest absolute Gasteiger partial charge is 0.306 e. The van der Waals surface area contributed by atoms with E-state index in [4.69, 9.17) is 14.2 Å². The van der Waals surface area contributed by atoms with E-state index in [0.717, 1.165) is 0 Å². The van der Waals surface area contributed by atoms with Crippen molar-refractivity contribution in [3.8, 4) is 0 Å². The fourth-order valence-corrected chi connectivity index (χ4v) is 1.05. The van der Waals surface area contributed by atoms with Crippen LogP contribution in [0, 0.1) is 5.92 Å².